The molecule has 0 aliphatic heterocycles. The van der Waals surface area contributed by atoms with E-state index >= 15 is 0 Å². The molecule has 1 amide bonds. The van der Waals surface area contributed by atoms with Crippen LogP contribution in [0.4, 0.5) is 0 Å². The van der Waals surface area contributed by atoms with Gasteiger partial charge in [0.25, 0.3) is 0 Å². The molecule has 0 fully saturated rings. The quantitative estimate of drug-likeness (QED) is 0.485. The predicted octanol–water partition coefficient (Wildman–Crippen LogP) is 5.10. The number of aromatic nitrogens is 2. The van der Waals surface area contributed by atoms with E-state index in [-0.39, 0.29) is 5.91 Å². The van der Waals surface area contributed by atoms with Gasteiger partial charge in [0, 0.05) is 21.9 Å². The zero-order valence-corrected chi connectivity index (χ0v) is 17.0. The van der Waals surface area contributed by atoms with E-state index in [1.54, 1.807) is 22.7 Å². The minimum Gasteiger partial charge on any atom is -0.350 e. The molecule has 2 aromatic heterocycles. The van der Waals surface area contributed by atoms with Gasteiger partial charge in [-0.25, -0.2) is 9.97 Å². The van der Waals surface area contributed by atoms with Gasteiger partial charge in [-0.3, -0.25) is 4.79 Å². The smallest absolute Gasteiger partial charge is 0.224 e. The summed E-state index contributed by atoms with van der Waals surface area (Å²) < 4.78 is 0. The van der Waals surface area contributed by atoms with E-state index in [1.807, 2.05) is 66.9 Å². The summed E-state index contributed by atoms with van der Waals surface area (Å²) in [5, 5.41) is 9.02. The number of carbonyl (C=O) groups excluding carboxylic acids is 1. The van der Waals surface area contributed by atoms with Gasteiger partial charge in [-0.15, -0.1) is 22.7 Å². The molecule has 0 atom stereocenters. The second kappa shape index (κ2) is 8.46. The summed E-state index contributed by atoms with van der Waals surface area (Å²) in [5.74, 6) is -0.00786. The first-order chi connectivity index (χ1) is 13.7. The third-order valence-corrected chi connectivity index (χ3v) is 5.99. The third-order valence-electron chi connectivity index (χ3n) is 4.27. The molecule has 0 bridgehead atoms. The van der Waals surface area contributed by atoms with Gasteiger partial charge in [-0.05, 0) is 12.5 Å². The Morgan fingerprint density at radius 2 is 1.71 bits per heavy atom. The first kappa shape index (κ1) is 18.5. The lowest BCUT2D eigenvalue weighted by Crippen LogP contribution is -2.24. The van der Waals surface area contributed by atoms with Crippen molar-refractivity contribution in [3.63, 3.8) is 0 Å². The van der Waals surface area contributed by atoms with E-state index in [2.05, 4.69) is 20.7 Å². The molecule has 0 aliphatic carbocycles. The summed E-state index contributed by atoms with van der Waals surface area (Å²) in [4.78, 5) is 21.4. The third kappa shape index (κ3) is 4.52. The number of carbonyl (C=O) groups is 1. The Morgan fingerprint density at radius 3 is 2.43 bits per heavy atom. The first-order valence-corrected chi connectivity index (χ1v) is 10.7. The van der Waals surface area contributed by atoms with Crippen molar-refractivity contribution in [1.82, 2.24) is 15.3 Å². The highest BCUT2D eigenvalue weighted by Crippen LogP contribution is 2.23. The number of thiazole rings is 2. The van der Waals surface area contributed by atoms with Crippen LogP contribution in [0.15, 0.2) is 65.4 Å². The lowest BCUT2D eigenvalue weighted by molar-refractivity contribution is -0.120. The Bertz CT molecular complexity index is 1070. The fraction of sp³-hybridized carbons (Fsp3) is 0.136. The normalized spacial score (nSPS) is 10.8. The number of aryl methyl sites for hydroxylation is 1. The largest absolute Gasteiger partial charge is 0.350 e. The highest BCUT2D eigenvalue weighted by molar-refractivity contribution is 7.13. The van der Waals surface area contributed by atoms with Crippen LogP contribution < -0.4 is 5.32 Å². The van der Waals surface area contributed by atoms with Crippen LogP contribution in [-0.4, -0.2) is 15.9 Å². The molecule has 28 heavy (non-hydrogen) atoms. The van der Waals surface area contributed by atoms with Gasteiger partial charge in [0.1, 0.15) is 5.01 Å². The zero-order valence-electron chi connectivity index (χ0n) is 15.4. The molecule has 4 rings (SSSR count). The monoisotopic (exact) mass is 405 g/mol. The van der Waals surface area contributed by atoms with Crippen LogP contribution in [-0.2, 0) is 17.8 Å². The molecule has 0 saturated carbocycles. The van der Waals surface area contributed by atoms with Gasteiger partial charge in [-0.2, -0.15) is 0 Å². The van der Waals surface area contributed by atoms with Crippen molar-refractivity contribution in [2.24, 2.45) is 0 Å². The van der Waals surface area contributed by atoms with Crippen molar-refractivity contribution < 1.29 is 4.79 Å². The van der Waals surface area contributed by atoms with Gasteiger partial charge >= 0.3 is 0 Å². The summed E-state index contributed by atoms with van der Waals surface area (Å²) in [5.41, 5.74) is 5.02. The van der Waals surface area contributed by atoms with E-state index in [0.29, 0.717) is 13.0 Å². The molecule has 0 unspecified atom stereocenters. The molecule has 1 N–H and O–H groups in total. The van der Waals surface area contributed by atoms with E-state index in [0.717, 1.165) is 38.1 Å². The van der Waals surface area contributed by atoms with Crippen molar-refractivity contribution in [2.75, 3.05) is 0 Å². The average Bonchev–Trinajstić information content (AvgIpc) is 3.37. The Morgan fingerprint density at radius 1 is 0.929 bits per heavy atom. The minimum atomic E-state index is -0.00786. The Balaban J connectivity index is 1.32. The van der Waals surface area contributed by atoms with Crippen LogP contribution in [0.3, 0.4) is 0 Å². The maximum atomic E-state index is 12.3. The summed E-state index contributed by atoms with van der Waals surface area (Å²) in [6.07, 6.45) is 0.353. The topological polar surface area (TPSA) is 54.9 Å². The van der Waals surface area contributed by atoms with Crippen molar-refractivity contribution in [1.29, 1.82) is 0 Å². The van der Waals surface area contributed by atoms with Crippen LogP contribution in [0, 0.1) is 6.92 Å². The lowest BCUT2D eigenvalue weighted by atomic mass is 10.1. The molecular weight excluding hydrogens is 386 g/mol. The number of amides is 1. The number of nitrogens with zero attached hydrogens (tertiary/aromatic N) is 2. The summed E-state index contributed by atoms with van der Waals surface area (Å²) in [6, 6.07) is 18.1. The molecule has 2 heterocycles. The van der Waals surface area contributed by atoms with E-state index in [9.17, 15) is 4.79 Å². The SMILES string of the molecule is Cc1nc(-c2ccc(CC(=O)NCc3csc(-c4ccccc4)n3)cc2)cs1. The second-order valence-corrected chi connectivity index (χ2v) is 8.33. The number of hydrogen-bond acceptors (Lipinski definition) is 5. The molecule has 140 valence electrons. The van der Waals surface area contributed by atoms with Crippen LogP contribution in [0.25, 0.3) is 21.8 Å². The van der Waals surface area contributed by atoms with E-state index in [1.165, 1.54) is 0 Å². The standard InChI is InChI=1S/C22H19N3OS2/c1-15-24-20(14-27-15)17-9-7-16(8-10-17)11-21(26)23-12-19-13-28-22(25-19)18-5-3-2-4-6-18/h2-10,13-14H,11-12H2,1H3,(H,23,26). The molecule has 0 spiro atoms. The van der Waals surface area contributed by atoms with E-state index < -0.39 is 0 Å². The highest BCUT2D eigenvalue weighted by Gasteiger charge is 2.08. The van der Waals surface area contributed by atoms with Gasteiger partial charge in [0.2, 0.25) is 5.91 Å². The van der Waals surface area contributed by atoms with Crippen molar-refractivity contribution in [3.05, 3.63) is 81.6 Å². The molecule has 2 aromatic carbocycles. The van der Waals surface area contributed by atoms with Crippen LogP contribution in [0.2, 0.25) is 0 Å². The predicted molar refractivity (Wildman–Crippen MR) is 115 cm³/mol. The van der Waals surface area contributed by atoms with Crippen molar-refractivity contribution >= 4 is 28.6 Å². The summed E-state index contributed by atoms with van der Waals surface area (Å²) in [6.45, 7) is 2.44. The van der Waals surface area contributed by atoms with Crippen molar-refractivity contribution in [3.8, 4) is 21.8 Å². The van der Waals surface area contributed by atoms with E-state index in [4.69, 9.17) is 0 Å². The maximum Gasteiger partial charge on any atom is 0.224 e. The molecule has 4 nitrogen and oxygen atoms in total. The summed E-state index contributed by atoms with van der Waals surface area (Å²) in [7, 11) is 0. The van der Waals surface area contributed by atoms with Crippen LogP contribution >= 0.6 is 22.7 Å². The van der Waals surface area contributed by atoms with Gasteiger partial charge in [-0.1, -0.05) is 54.6 Å². The van der Waals surface area contributed by atoms with Crippen molar-refractivity contribution in [2.45, 2.75) is 19.9 Å². The Labute approximate surface area is 171 Å². The molecular formula is C22H19N3OS2. The van der Waals surface area contributed by atoms with Gasteiger partial charge < -0.3 is 5.32 Å². The Hall–Kier alpha value is -2.83. The van der Waals surface area contributed by atoms with Crippen LogP contribution in [0.1, 0.15) is 16.3 Å². The molecule has 0 aliphatic rings. The molecule has 4 aromatic rings. The average molecular weight is 406 g/mol. The number of hydrogen-bond donors (Lipinski definition) is 1. The Kier molecular flexibility index (Phi) is 5.60. The molecule has 0 saturated heterocycles. The maximum absolute atomic E-state index is 12.3. The van der Waals surface area contributed by atoms with Crippen LogP contribution in [0.5, 0.6) is 0 Å². The highest BCUT2D eigenvalue weighted by atomic mass is 32.1. The number of benzene rings is 2. The fourth-order valence-electron chi connectivity index (χ4n) is 2.83. The molecule has 0 radical (unpaired) electrons. The molecule has 6 heteroatoms. The second-order valence-electron chi connectivity index (χ2n) is 6.41. The van der Waals surface area contributed by atoms with Gasteiger partial charge in [0.15, 0.2) is 0 Å². The van der Waals surface area contributed by atoms with Gasteiger partial charge in [0.05, 0.1) is 29.4 Å². The minimum absolute atomic E-state index is 0.00786. The lowest BCUT2D eigenvalue weighted by Gasteiger charge is -2.05. The number of rotatable bonds is 6. The zero-order chi connectivity index (χ0) is 19.3. The summed E-state index contributed by atoms with van der Waals surface area (Å²) >= 11 is 3.23. The number of nitrogens with one attached hydrogen (secondary N) is 1. The first-order valence-electron chi connectivity index (χ1n) is 8.95. The fourth-order valence-corrected chi connectivity index (χ4v) is 4.28.